The number of nitrogens with two attached hydrogens (primary N) is 1. The van der Waals surface area contributed by atoms with Crippen LogP contribution in [0.3, 0.4) is 0 Å². The van der Waals surface area contributed by atoms with Crippen LogP contribution in [-0.4, -0.2) is 47.5 Å². The van der Waals surface area contributed by atoms with Crippen molar-refractivity contribution < 1.29 is 4.79 Å². The Labute approximate surface area is 113 Å². The Morgan fingerprint density at radius 3 is 2.74 bits per heavy atom. The minimum Gasteiger partial charge on any atom is -0.373 e. The molecule has 1 fully saturated rings. The Kier molecular flexibility index (Phi) is 4.31. The summed E-state index contributed by atoms with van der Waals surface area (Å²) in [6.45, 7) is 4.06. The lowest BCUT2D eigenvalue weighted by Gasteiger charge is -2.30. The van der Waals surface area contributed by atoms with Crippen LogP contribution in [0.15, 0.2) is 6.07 Å². The summed E-state index contributed by atoms with van der Waals surface area (Å²) in [6.07, 6.45) is 2.01. The molecule has 0 aromatic carbocycles. The number of carbonyl (C=O) groups excluding carboxylic acids is 1. The van der Waals surface area contributed by atoms with Crippen molar-refractivity contribution >= 4 is 11.7 Å². The average Bonchev–Trinajstić information content (AvgIpc) is 2.38. The van der Waals surface area contributed by atoms with E-state index >= 15 is 0 Å². The Hall–Kier alpha value is -1.69. The highest BCUT2D eigenvalue weighted by Gasteiger charge is 2.22. The maximum Gasteiger partial charge on any atom is 0.231 e. The lowest BCUT2D eigenvalue weighted by Crippen LogP contribution is -2.39. The Bertz CT molecular complexity index is 454. The monoisotopic (exact) mass is 263 g/mol. The number of primary amides is 1. The molecule has 2 rings (SSSR count). The van der Waals surface area contributed by atoms with Gasteiger partial charge in [0.1, 0.15) is 11.6 Å². The second kappa shape index (κ2) is 5.97. The number of nitrogens with zero attached hydrogens (tertiary/aromatic N) is 3. The highest BCUT2D eigenvalue weighted by molar-refractivity contribution is 5.75. The highest BCUT2D eigenvalue weighted by Crippen LogP contribution is 2.27. The predicted molar refractivity (Wildman–Crippen MR) is 73.9 cm³/mol. The van der Waals surface area contributed by atoms with E-state index in [-0.39, 0.29) is 5.91 Å². The molecule has 1 aromatic heterocycles. The number of carbonyl (C=O) groups is 1. The molecule has 0 atom stereocenters. The average molecular weight is 263 g/mol. The third-order valence-corrected chi connectivity index (χ3v) is 3.50. The largest absolute Gasteiger partial charge is 0.373 e. The van der Waals surface area contributed by atoms with E-state index in [1.165, 1.54) is 0 Å². The van der Waals surface area contributed by atoms with Crippen molar-refractivity contribution in [3.63, 3.8) is 0 Å². The third-order valence-electron chi connectivity index (χ3n) is 3.50. The predicted octanol–water partition coefficient (Wildman–Crippen LogP) is 0.491. The van der Waals surface area contributed by atoms with E-state index in [1.54, 1.807) is 0 Å². The fourth-order valence-corrected chi connectivity index (χ4v) is 2.54. The molecule has 0 saturated carbocycles. The molecule has 3 N–H and O–H groups in total. The second-order valence-corrected chi connectivity index (χ2v) is 4.99. The standard InChI is InChI=1S/C13H21N5O/c1-9-16-11(7-13(15-2)17-9)10-3-5-18(6-4-10)8-12(14)19/h7,10H,3-6,8H2,1-2H3,(H2,14,19)(H,15,16,17). The van der Waals surface area contributed by atoms with Crippen LogP contribution in [0.25, 0.3) is 0 Å². The minimum atomic E-state index is -0.256. The molecular weight excluding hydrogens is 242 g/mol. The summed E-state index contributed by atoms with van der Waals surface area (Å²) < 4.78 is 0. The number of hydrogen-bond donors (Lipinski definition) is 2. The lowest BCUT2D eigenvalue weighted by molar-refractivity contribution is -0.119. The van der Waals surface area contributed by atoms with E-state index in [2.05, 4.69) is 20.2 Å². The van der Waals surface area contributed by atoms with Crippen LogP contribution < -0.4 is 11.1 Å². The van der Waals surface area contributed by atoms with Gasteiger partial charge in [-0.05, 0) is 32.9 Å². The molecule has 1 saturated heterocycles. The van der Waals surface area contributed by atoms with E-state index in [9.17, 15) is 4.79 Å². The maximum absolute atomic E-state index is 10.9. The normalized spacial score (nSPS) is 17.4. The lowest BCUT2D eigenvalue weighted by atomic mass is 9.93. The fraction of sp³-hybridized carbons (Fsp3) is 0.615. The van der Waals surface area contributed by atoms with Gasteiger partial charge in [0.05, 0.1) is 6.54 Å². The van der Waals surface area contributed by atoms with Crippen LogP contribution >= 0.6 is 0 Å². The number of nitrogens with one attached hydrogen (secondary N) is 1. The van der Waals surface area contributed by atoms with Crippen molar-refractivity contribution in [2.24, 2.45) is 5.73 Å². The smallest absolute Gasteiger partial charge is 0.231 e. The summed E-state index contributed by atoms with van der Waals surface area (Å²) in [7, 11) is 1.86. The molecule has 0 unspecified atom stereocenters. The molecule has 2 heterocycles. The minimum absolute atomic E-state index is 0.256. The molecule has 19 heavy (non-hydrogen) atoms. The summed E-state index contributed by atoms with van der Waals surface area (Å²) in [5, 5.41) is 3.06. The summed E-state index contributed by atoms with van der Waals surface area (Å²) in [5.74, 6) is 1.84. The van der Waals surface area contributed by atoms with Gasteiger partial charge in [-0.1, -0.05) is 0 Å². The summed E-state index contributed by atoms with van der Waals surface area (Å²) >= 11 is 0. The van der Waals surface area contributed by atoms with Gasteiger partial charge in [-0.15, -0.1) is 0 Å². The zero-order chi connectivity index (χ0) is 13.8. The summed E-state index contributed by atoms with van der Waals surface area (Å²) in [6, 6.07) is 2.02. The number of hydrogen-bond acceptors (Lipinski definition) is 5. The Morgan fingerprint density at radius 2 is 2.16 bits per heavy atom. The number of anilines is 1. The first kappa shape index (κ1) is 13.7. The topological polar surface area (TPSA) is 84.1 Å². The van der Waals surface area contributed by atoms with Gasteiger partial charge in [0.15, 0.2) is 0 Å². The van der Waals surface area contributed by atoms with Crippen LogP contribution in [0.1, 0.15) is 30.3 Å². The van der Waals surface area contributed by atoms with E-state index in [1.807, 2.05) is 20.0 Å². The van der Waals surface area contributed by atoms with E-state index in [4.69, 9.17) is 5.73 Å². The second-order valence-electron chi connectivity index (χ2n) is 4.99. The zero-order valence-electron chi connectivity index (χ0n) is 11.5. The number of aryl methyl sites for hydroxylation is 1. The third kappa shape index (κ3) is 3.64. The van der Waals surface area contributed by atoms with Crippen molar-refractivity contribution in [1.29, 1.82) is 0 Å². The van der Waals surface area contributed by atoms with E-state index in [0.717, 1.165) is 43.3 Å². The van der Waals surface area contributed by atoms with Gasteiger partial charge in [-0.2, -0.15) is 0 Å². The number of aromatic nitrogens is 2. The molecule has 104 valence electrons. The summed E-state index contributed by atoms with van der Waals surface area (Å²) in [4.78, 5) is 21.8. The van der Waals surface area contributed by atoms with Crippen molar-refractivity contribution in [3.05, 3.63) is 17.6 Å². The number of likely N-dealkylation sites (tertiary alicyclic amines) is 1. The summed E-state index contributed by atoms with van der Waals surface area (Å²) in [5.41, 5.74) is 6.31. The van der Waals surface area contributed by atoms with Gasteiger partial charge in [-0.25, -0.2) is 9.97 Å². The van der Waals surface area contributed by atoms with Crippen LogP contribution in [0, 0.1) is 6.92 Å². The van der Waals surface area contributed by atoms with Crippen LogP contribution in [0.5, 0.6) is 0 Å². The Balaban J connectivity index is 2.01. The van der Waals surface area contributed by atoms with Crippen LogP contribution in [-0.2, 0) is 4.79 Å². The van der Waals surface area contributed by atoms with Gasteiger partial charge in [-0.3, -0.25) is 9.69 Å². The van der Waals surface area contributed by atoms with Crippen molar-refractivity contribution in [1.82, 2.24) is 14.9 Å². The molecule has 1 aromatic rings. The van der Waals surface area contributed by atoms with Crippen molar-refractivity contribution in [2.45, 2.75) is 25.7 Å². The highest BCUT2D eigenvalue weighted by atomic mass is 16.1. The first-order chi connectivity index (χ1) is 9.08. The van der Waals surface area contributed by atoms with E-state index < -0.39 is 0 Å². The van der Waals surface area contributed by atoms with Crippen molar-refractivity contribution in [2.75, 3.05) is 32.0 Å². The van der Waals surface area contributed by atoms with Gasteiger partial charge in [0, 0.05) is 24.7 Å². The number of amides is 1. The maximum atomic E-state index is 10.9. The molecule has 1 aliphatic rings. The molecule has 0 spiro atoms. The molecule has 6 nitrogen and oxygen atoms in total. The number of piperidine rings is 1. The molecule has 0 radical (unpaired) electrons. The molecule has 0 bridgehead atoms. The van der Waals surface area contributed by atoms with E-state index in [0.29, 0.717) is 12.5 Å². The van der Waals surface area contributed by atoms with Crippen molar-refractivity contribution in [3.8, 4) is 0 Å². The first-order valence-electron chi connectivity index (χ1n) is 6.62. The van der Waals surface area contributed by atoms with Gasteiger partial charge >= 0.3 is 0 Å². The molecular formula is C13H21N5O. The Morgan fingerprint density at radius 1 is 1.47 bits per heavy atom. The van der Waals surface area contributed by atoms with Crippen LogP contribution in [0.2, 0.25) is 0 Å². The molecule has 6 heteroatoms. The first-order valence-corrected chi connectivity index (χ1v) is 6.62. The van der Waals surface area contributed by atoms with Crippen LogP contribution in [0.4, 0.5) is 5.82 Å². The van der Waals surface area contributed by atoms with Gasteiger partial charge in [0.2, 0.25) is 5.91 Å². The van der Waals surface area contributed by atoms with Gasteiger partial charge < -0.3 is 11.1 Å². The molecule has 0 aliphatic carbocycles. The quantitative estimate of drug-likeness (QED) is 0.826. The van der Waals surface area contributed by atoms with Gasteiger partial charge in [0.25, 0.3) is 0 Å². The zero-order valence-corrected chi connectivity index (χ0v) is 11.5. The molecule has 1 amide bonds. The molecule has 1 aliphatic heterocycles. The fourth-order valence-electron chi connectivity index (χ4n) is 2.54. The number of rotatable bonds is 4. The SMILES string of the molecule is CNc1cc(C2CCN(CC(N)=O)CC2)nc(C)n1.